The van der Waals surface area contributed by atoms with Crippen LogP contribution in [0.2, 0.25) is 0 Å². The summed E-state index contributed by atoms with van der Waals surface area (Å²) in [5, 5.41) is 9.15. The summed E-state index contributed by atoms with van der Waals surface area (Å²) in [6.07, 6.45) is 5.85. The molecule has 5 heteroatoms. The van der Waals surface area contributed by atoms with E-state index in [1.165, 1.54) is 12.8 Å². The number of rotatable bonds is 1. The minimum atomic E-state index is -0.861. The zero-order valence-corrected chi connectivity index (χ0v) is 13.7. The number of piperidine rings is 1. The van der Waals surface area contributed by atoms with Crippen molar-refractivity contribution in [3.05, 3.63) is 12.2 Å². The van der Waals surface area contributed by atoms with Gasteiger partial charge in [-0.1, -0.05) is 32.9 Å². The lowest BCUT2D eigenvalue weighted by atomic mass is 9.63. The molecule has 3 rings (SSSR count). The van der Waals surface area contributed by atoms with Crippen LogP contribution in [0, 0.1) is 22.7 Å². The summed E-state index contributed by atoms with van der Waals surface area (Å²) in [6, 6.07) is 0.00391. The molecule has 3 aliphatic rings. The maximum Gasteiger partial charge on any atom is 0.320 e. The van der Waals surface area contributed by atoms with Crippen molar-refractivity contribution in [2.24, 2.45) is 22.7 Å². The number of urea groups is 1. The van der Waals surface area contributed by atoms with E-state index in [0.717, 1.165) is 13.1 Å². The predicted molar refractivity (Wildman–Crippen MR) is 83.4 cm³/mol. The number of nitrogens with zero attached hydrogens (tertiary/aromatic N) is 2. The van der Waals surface area contributed by atoms with Gasteiger partial charge in [0.2, 0.25) is 0 Å². The molecule has 0 aromatic rings. The molecule has 2 fully saturated rings. The van der Waals surface area contributed by atoms with Crippen molar-refractivity contribution in [1.29, 1.82) is 0 Å². The van der Waals surface area contributed by atoms with Crippen LogP contribution in [0.25, 0.3) is 0 Å². The van der Waals surface area contributed by atoms with Crippen LogP contribution in [0.4, 0.5) is 4.79 Å². The Labute approximate surface area is 132 Å². The SMILES string of the molecule is CC1(C)[C@@H]2CC[C@@]1(C)CN(C(=O)N1CC=CC(C(=O)O)C1)C2. The van der Waals surface area contributed by atoms with Crippen LogP contribution in [0.5, 0.6) is 0 Å². The number of hydrogen-bond donors (Lipinski definition) is 1. The Kier molecular flexibility index (Phi) is 3.49. The zero-order chi connectivity index (χ0) is 16.1. The van der Waals surface area contributed by atoms with Crippen molar-refractivity contribution in [3.63, 3.8) is 0 Å². The normalized spacial score (nSPS) is 36.5. The van der Waals surface area contributed by atoms with Gasteiger partial charge >= 0.3 is 12.0 Å². The molecule has 0 spiro atoms. The smallest absolute Gasteiger partial charge is 0.320 e. The number of carbonyl (C=O) groups excluding carboxylic acids is 1. The molecule has 2 heterocycles. The molecule has 0 aromatic heterocycles. The van der Waals surface area contributed by atoms with Crippen molar-refractivity contribution < 1.29 is 14.7 Å². The third-order valence-electron chi connectivity index (χ3n) is 6.57. The van der Waals surface area contributed by atoms with E-state index in [1.54, 1.807) is 17.1 Å². The highest BCUT2D eigenvalue weighted by atomic mass is 16.4. The highest BCUT2D eigenvalue weighted by molar-refractivity contribution is 5.78. The Hall–Kier alpha value is -1.52. The standard InChI is InChI=1S/C17H26N2O3/c1-16(2)13-6-7-17(16,3)11-19(10-13)15(22)18-8-4-5-12(9-18)14(20)21/h4-5,12-13H,6-11H2,1-3H3,(H,20,21)/t12?,13-,17+/m1/s1. The highest BCUT2D eigenvalue weighted by Gasteiger charge is 2.56. The molecule has 0 radical (unpaired) electrons. The van der Waals surface area contributed by atoms with E-state index in [9.17, 15) is 9.59 Å². The van der Waals surface area contributed by atoms with Crippen LogP contribution in [0.1, 0.15) is 33.6 Å². The first-order chi connectivity index (χ1) is 10.2. The fourth-order valence-corrected chi connectivity index (χ4v) is 4.41. The second kappa shape index (κ2) is 5.00. The molecule has 122 valence electrons. The predicted octanol–water partition coefficient (Wildman–Crippen LogP) is 2.44. The lowest BCUT2D eigenvalue weighted by Gasteiger charge is -2.51. The van der Waals surface area contributed by atoms with Crippen molar-refractivity contribution in [2.75, 3.05) is 26.2 Å². The lowest BCUT2D eigenvalue weighted by molar-refractivity contribution is -0.140. The topological polar surface area (TPSA) is 60.9 Å². The molecule has 1 N–H and O–H groups in total. The molecule has 1 saturated carbocycles. The molecule has 0 aromatic carbocycles. The van der Waals surface area contributed by atoms with Crippen molar-refractivity contribution in [2.45, 2.75) is 33.6 Å². The molecule has 5 nitrogen and oxygen atoms in total. The Morgan fingerprint density at radius 3 is 2.55 bits per heavy atom. The molecule has 22 heavy (non-hydrogen) atoms. The van der Waals surface area contributed by atoms with Crippen molar-refractivity contribution in [3.8, 4) is 0 Å². The Morgan fingerprint density at radius 1 is 1.18 bits per heavy atom. The van der Waals surface area contributed by atoms with Gasteiger partial charge in [-0.2, -0.15) is 0 Å². The average molecular weight is 306 g/mol. The van der Waals surface area contributed by atoms with Crippen LogP contribution in [0.3, 0.4) is 0 Å². The number of likely N-dealkylation sites (tertiary alicyclic amines) is 1. The van der Waals surface area contributed by atoms with E-state index in [2.05, 4.69) is 20.8 Å². The third kappa shape index (κ3) is 2.22. The van der Waals surface area contributed by atoms with Gasteiger partial charge in [-0.05, 0) is 29.6 Å². The van der Waals surface area contributed by atoms with Gasteiger partial charge in [-0.25, -0.2) is 4.79 Å². The molecule has 1 unspecified atom stereocenters. The van der Waals surface area contributed by atoms with Crippen LogP contribution in [-0.4, -0.2) is 53.1 Å². The van der Waals surface area contributed by atoms with Gasteiger partial charge in [0.05, 0.1) is 5.92 Å². The van der Waals surface area contributed by atoms with Gasteiger partial charge in [0.15, 0.2) is 0 Å². The van der Waals surface area contributed by atoms with E-state index >= 15 is 0 Å². The van der Waals surface area contributed by atoms with Gasteiger partial charge in [0.1, 0.15) is 0 Å². The number of aliphatic carboxylic acids is 1. The number of carboxylic acid groups (broad SMARTS) is 1. The number of carboxylic acids is 1. The molecular formula is C17H26N2O3. The summed E-state index contributed by atoms with van der Waals surface area (Å²) < 4.78 is 0. The second-order valence-corrected chi connectivity index (χ2v) is 7.96. The quantitative estimate of drug-likeness (QED) is 0.757. The first-order valence-electron chi connectivity index (χ1n) is 8.18. The summed E-state index contributed by atoms with van der Waals surface area (Å²) in [7, 11) is 0. The number of amides is 2. The van der Waals surface area contributed by atoms with E-state index in [0.29, 0.717) is 12.5 Å². The van der Waals surface area contributed by atoms with E-state index in [-0.39, 0.29) is 23.4 Å². The second-order valence-electron chi connectivity index (χ2n) is 7.96. The van der Waals surface area contributed by atoms with E-state index in [1.807, 2.05) is 4.90 Å². The first-order valence-corrected chi connectivity index (χ1v) is 8.18. The Morgan fingerprint density at radius 2 is 1.91 bits per heavy atom. The maximum absolute atomic E-state index is 12.8. The number of hydrogen-bond acceptors (Lipinski definition) is 2. The Balaban J connectivity index is 1.72. The van der Waals surface area contributed by atoms with Crippen molar-refractivity contribution in [1.82, 2.24) is 9.80 Å². The number of fused-ring (bicyclic) bond motifs is 2. The van der Waals surface area contributed by atoms with Gasteiger partial charge in [-0.3, -0.25) is 4.79 Å². The molecule has 2 amide bonds. The van der Waals surface area contributed by atoms with Crippen LogP contribution in [0.15, 0.2) is 12.2 Å². The van der Waals surface area contributed by atoms with Gasteiger partial charge in [0.25, 0.3) is 0 Å². The maximum atomic E-state index is 12.8. The monoisotopic (exact) mass is 306 g/mol. The molecule has 2 aliphatic heterocycles. The Bertz CT molecular complexity index is 528. The van der Waals surface area contributed by atoms with Crippen LogP contribution >= 0.6 is 0 Å². The fourth-order valence-electron chi connectivity index (χ4n) is 4.41. The highest BCUT2D eigenvalue weighted by Crippen LogP contribution is 2.59. The van der Waals surface area contributed by atoms with Crippen molar-refractivity contribution >= 4 is 12.0 Å². The fraction of sp³-hybridized carbons (Fsp3) is 0.765. The lowest BCUT2D eigenvalue weighted by Crippen LogP contribution is -2.57. The van der Waals surface area contributed by atoms with Crippen LogP contribution < -0.4 is 0 Å². The molecule has 2 bridgehead atoms. The van der Waals surface area contributed by atoms with Gasteiger partial charge < -0.3 is 14.9 Å². The minimum Gasteiger partial charge on any atom is -0.481 e. The largest absolute Gasteiger partial charge is 0.481 e. The van der Waals surface area contributed by atoms with Gasteiger partial charge in [0, 0.05) is 26.2 Å². The minimum absolute atomic E-state index is 0.00391. The summed E-state index contributed by atoms with van der Waals surface area (Å²) in [6.45, 7) is 9.35. The summed E-state index contributed by atoms with van der Waals surface area (Å²) in [5.41, 5.74) is 0.443. The van der Waals surface area contributed by atoms with E-state index < -0.39 is 11.9 Å². The molecule has 1 aliphatic carbocycles. The summed E-state index contributed by atoms with van der Waals surface area (Å²) in [5.74, 6) is -0.891. The van der Waals surface area contributed by atoms with E-state index in [4.69, 9.17) is 5.11 Å². The molecule has 3 atom stereocenters. The molecular weight excluding hydrogens is 280 g/mol. The number of carbonyl (C=O) groups is 2. The average Bonchev–Trinajstić information content (AvgIpc) is 2.64. The van der Waals surface area contributed by atoms with Gasteiger partial charge in [-0.15, -0.1) is 0 Å². The summed E-state index contributed by atoms with van der Waals surface area (Å²) in [4.78, 5) is 27.6. The van der Waals surface area contributed by atoms with Crippen LogP contribution in [-0.2, 0) is 4.79 Å². The molecule has 1 saturated heterocycles. The first kappa shape index (κ1) is 15.4. The zero-order valence-electron chi connectivity index (χ0n) is 13.7. The third-order valence-corrected chi connectivity index (χ3v) is 6.57. The summed E-state index contributed by atoms with van der Waals surface area (Å²) >= 11 is 0.